The van der Waals surface area contributed by atoms with Crippen molar-refractivity contribution in [2.24, 2.45) is 0 Å². The van der Waals surface area contributed by atoms with Crippen LogP contribution in [-0.2, 0) is 14.3 Å². The summed E-state index contributed by atoms with van der Waals surface area (Å²) in [6.45, 7) is 6.30. The van der Waals surface area contributed by atoms with Crippen molar-refractivity contribution in [3.63, 3.8) is 0 Å². The Labute approximate surface area is 327 Å². The number of nitrogens with one attached hydrogen (secondary N) is 1. The number of carbonyl (C=O) groups excluding carboxylic acids is 2. The van der Waals surface area contributed by atoms with Gasteiger partial charge in [-0.2, -0.15) is 0 Å². The molecule has 0 aromatic heterocycles. The molecule has 53 heavy (non-hydrogen) atoms. The van der Waals surface area contributed by atoms with Crippen LogP contribution in [0, 0.1) is 0 Å². The molecule has 0 aromatic rings. The van der Waals surface area contributed by atoms with Crippen LogP contribution in [0.2, 0.25) is 0 Å². The van der Waals surface area contributed by atoms with E-state index in [4.69, 9.17) is 4.74 Å². The molecule has 0 aliphatic rings. The molecule has 308 valence electrons. The summed E-state index contributed by atoms with van der Waals surface area (Å²) in [4.78, 5) is 25.9. The number of unbranched alkanes of at least 4 members (excludes halogenated alkanes) is 22. The van der Waals surface area contributed by atoms with Gasteiger partial charge >= 0.3 is 5.97 Å². The lowest BCUT2D eigenvalue weighted by molar-refractivity contribution is -0.151. The fourth-order valence-electron chi connectivity index (χ4n) is 6.62. The van der Waals surface area contributed by atoms with Gasteiger partial charge in [-0.25, -0.2) is 0 Å². The second-order valence-electron chi connectivity index (χ2n) is 15.2. The number of ether oxygens (including phenoxy) is 1. The van der Waals surface area contributed by atoms with E-state index in [9.17, 15) is 19.8 Å². The Morgan fingerprint density at radius 1 is 0.566 bits per heavy atom. The monoisotopic (exact) mass is 744 g/mol. The van der Waals surface area contributed by atoms with Crippen molar-refractivity contribution in [2.45, 2.75) is 232 Å². The highest BCUT2D eigenvalue weighted by molar-refractivity contribution is 5.77. The molecule has 0 saturated carbocycles. The van der Waals surface area contributed by atoms with Crippen molar-refractivity contribution >= 4 is 11.9 Å². The molecule has 0 aliphatic heterocycles. The first-order chi connectivity index (χ1) is 26.0. The predicted octanol–water partition coefficient (Wildman–Crippen LogP) is 12.7. The van der Waals surface area contributed by atoms with Crippen LogP contribution < -0.4 is 5.32 Å². The number of aliphatic hydroxyl groups is 2. The van der Waals surface area contributed by atoms with E-state index in [1.54, 1.807) is 0 Å². The third-order valence-corrected chi connectivity index (χ3v) is 10.0. The van der Waals surface area contributed by atoms with Gasteiger partial charge in [0.2, 0.25) is 5.91 Å². The Balaban J connectivity index is 4.58. The number of allylic oxidation sites excluding steroid dienone is 8. The normalized spacial score (nSPS) is 13.8. The first-order valence-electron chi connectivity index (χ1n) is 22.4. The molecule has 6 nitrogen and oxygen atoms in total. The zero-order chi connectivity index (χ0) is 38.9. The van der Waals surface area contributed by atoms with E-state index < -0.39 is 18.2 Å². The third kappa shape index (κ3) is 36.6. The Morgan fingerprint density at radius 2 is 1.02 bits per heavy atom. The van der Waals surface area contributed by atoms with Crippen molar-refractivity contribution in [1.82, 2.24) is 5.32 Å². The fourth-order valence-corrected chi connectivity index (χ4v) is 6.62. The molecule has 0 aliphatic carbocycles. The molecule has 6 heteroatoms. The zero-order valence-electron chi connectivity index (χ0n) is 34.9. The Kier molecular flexibility index (Phi) is 39.3. The van der Waals surface area contributed by atoms with E-state index >= 15 is 0 Å². The maximum absolute atomic E-state index is 13.1. The van der Waals surface area contributed by atoms with Gasteiger partial charge in [0.25, 0.3) is 0 Å². The average Bonchev–Trinajstić information content (AvgIpc) is 3.15. The van der Waals surface area contributed by atoms with E-state index in [0.717, 1.165) is 83.5 Å². The first kappa shape index (κ1) is 50.8. The van der Waals surface area contributed by atoms with Crippen LogP contribution in [0.15, 0.2) is 48.6 Å². The van der Waals surface area contributed by atoms with Crippen LogP contribution in [-0.4, -0.2) is 46.9 Å². The Morgan fingerprint density at radius 3 is 1.55 bits per heavy atom. The van der Waals surface area contributed by atoms with Crippen LogP contribution in [0.3, 0.4) is 0 Å². The minimum Gasteiger partial charge on any atom is -0.462 e. The summed E-state index contributed by atoms with van der Waals surface area (Å²) in [5.74, 6) is -0.502. The predicted molar refractivity (Wildman–Crippen MR) is 227 cm³/mol. The van der Waals surface area contributed by atoms with Gasteiger partial charge in [0, 0.05) is 6.42 Å². The van der Waals surface area contributed by atoms with Gasteiger partial charge in [0.15, 0.2) is 0 Å². The van der Waals surface area contributed by atoms with Crippen LogP contribution in [0.1, 0.15) is 213 Å². The summed E-state index contributed by atoms with van der Waals surface area (Å²) < 4.78 is 5.88. The molecule has 0 fully saturated rings. The van der Waals surface area contributed by atoms with Gasteiger partial charge in [0.05, 0.1) is 25.2 Å². The van der Waals surface area contributed by atoms with E-state index in [-0.39, 0.29) is 24.9 Å². The van der Waals surface area contributed by atoms with E-state index in [0.29, 0.717) is 19.3 Å². The quantitative estimate of drug-likeness (QED) is 0.0331. The van der Waals surface area contributed by atoms with Gasteiger partial charge < -0.3 is 20.3 Å². The molecule has 0 spiro atoms. The molecule has 3 unspecified atom stereocenters. The van der Waals surface area contributed by atoms with Gasteiger partial charge in [-0.15, -0.1) is 0 Å². The topological polar surface area (TPSA) is 95.9 Å². The van der Waals surface area contributed by atoms with E-state index in [1.807, 2.05) is 18.2 Å². The van der Waals surface area contributed by atoms with E-state index in [2.05, 4.69) is 56.5 Å². The fraction of sp³-hybridized carbons (Fsp3) is 0.787. The molecule has 0 aromatic carbocycles. The van der Waals surface area contributed by atoms with Crippen LogP contribution in [0.5, 0.6) is 0 Å². The lowest BCUT2D eigenvalue weighted by atomic mass is 10.0. The van der Waals surface area contributed by atoms with Crippen molar-refractivity contribution in [3.05, 3.63) is 48.6 Å². The molecule has 3 N–H and O–H groups in total. The highest BCUT2D eigenvalue weighted by atomic mass is 16.5. The highest BCUT2D eigenvalue weighted by Crippen LogP contribution is 2.17. The number of amides is 1. The molecule has 0 saturated heterocycles. The second kappa shape index (κ2) is 41.0. The summed E-state index contributed by atoms with van der Waals surface area (Å²) in [6.07, 6.45) is 47.4. The molecular weight excluding hydrogens is 659 g/mol. The largest absolute Gasteiger partial charge is 0.462 e. The van der Waals surface area contributed by atoms with Gasteiger partial charge in [-0.05, 0) is 44.9 Å². The number of esters is 1. The summed E-state index contributed by atoms with van der Waals surface area (Å²) in [5, 5.41) is 23.6. The summed E-state index contributed by atoms with van der Waals surface area (Å²) in [5.41, 5.74) is 0. The maximum atomic E-state index is 13.1. The molecule has 0 radical (unpaired) electrons. The molecular formula is C47H85NO5. The van der Waals surface area contributed by atoms with Crippen molar-refractivity contribution in [2.75, 3.05) is 6.61 Å². The van der Waals surface area contributed by atoms with Crippen molar-refractivity contribution in [3.8, 4) is 0 Å². The lowest BCUT2D eigenvalue weighted by Crippen LogP contribution is -2.46. The number of aliphatic hydroxyl groups excluding tert-OH is 2. The summed E-state index contributed by atoms with van der Waals surface area (Å²) >= 11 is 0. The number of hydrogen-bond acceptors (Lipinski definition) is 5. The van der Waals surface area contributed by atoms with Gasteiger partial charge in [-0.3, -0.25) is 9.59 Å². The summed E-state index contributed by atoms with van der Waals surface area (Å²) in [7, 11) is 0. The third-order valence-electron chi connectivity index (χ3n) is 10.0. The molecule has 0 heterocycles. The zero-order valence-corrected chi connectivity index (χ0v) is 34.9. The summed E-state index contributed by atoms with van der Waals surface area (Å²) in [6, 6.07) is -0.702. The van der Waals surface area contributed by atoms with Crippen LogP contribution in [0.4, 0.5) is 0 Å². The van der Waals surface area contributed by atoms with Gasteiger partial charge in [-0.1, -0.05) is 204 Å². The lowest BCUT2D eigenvalue weighted by Gasteiger charge is -2.24. The van der Waals surface area contributed by atoms with Crippen molar-refractivity contribution < 1.29 is 24.5 Å². The molecule has 3 atom stereocenters. The Hall–Kier alpha value is -2.18. The molecule has 0 bridgehead atoms. The van der Waals surface area contributed by atoms with E-state index in [1.165, 1.54) is 83.5 Å². The average molecular weight is 744 g/mol. The molecule has 0 rings (SSSR count). The molecule has 1 amide bonds. The minimum absolute atomic E-state index is 0.0686. The highest BCUT2D eigenvalue weighted by Gasteiger charge is 2.24. The number of rotatable bonds is 39. The maximum Gasteiger partial charge on any atom is 0.306 e. The number of hydrogen-bond donors (Lipinski definition) is 3. The minimum atomic E-state index is -0.787. The second-order valence-corrected chi connectivity index (χ2v) is 15.2. The smallest absolute Gasteiger partial charge is 0.306 e. The van der Waals surface area contributed by atoms with Crippen LogP contribution in [0.25, 0.3) is 0 Å². The SMILES string of the molecule is CC/C=C/C=C/C=C/C=C\CCCCCCCC(=O)OC(CCCCCCCCCCC)CC(=O)NC(CO)C(O)CCCCCCCCCCCC. The Bertz CT molecular complexity index is 926. The van der Waals surface area contributed by atoms with Crippen LogP contribution >= 0.6 is 0 Å². The number of carbonyl (C=O) groups is 2. The van der Waals surface area contributed by atoms with Crippen molar-refractivity contribution in [1.29, 1.82) is 0 Å². The first-order valence-corrected chi connectivity index (χ1v) is 22.4. The standard InChI is InChI=1S/C47H85NO5/c1-4-7-10-13-16-19-21-22-23-24-25-28-31-34-37-40-47(52)53-43(38-35-32-29-26-18-15-12-9-6-3)41-46(51)48-44(42-49)45(50)39-36-33-30-27-20-17-14-11-8-5-2/h7,10,13,16,19,21-23,43-45,49-50H,4-6,8-9,11-12,14-15,17-18,20,24-42H2,1-3H3,(H,48,51)/b10-7+,16-13+,21-19+,23-22-. The van der Waals surface area contributed by atoms with Gasteiger partial charge in [0.1, 0.15) is 6.10 Å².